The summed E-state index contributed by atoms with van der Waals surface area (Å²) in [5.41, 5.74) is 0. The molecule has 22 heavy (non-hydrogen) atoms. The Hall–Kier alpha value is -1.54. The molecule has 3 aromatic heterocycles. The van der Waals surface area contributed by atoms with Crippen molar-refractivity contribution in [3.05, 3.63) is 17.3 Å². The van der Waals surface area contributed by atoms with Crippen LogP contribution < -0.4 is 0 Å². The van der Waals surface area contributed by atoms with Crippen LogP contribution in [0, 0.1) is 6.92 Å². The highest BCUT2D eigenvalue weighted by atomic mass is 32.2. The molecule has 3 heterocycles. The standard InChI is InChI=1S/C14H16N6S2/c1-9-7-11-12(21-9)15-8-16-13(11)22-14-17-18-19-20(14)10-5-3-2-4-6-10/h7-8,10H,2-6H2,1H3. The zero-order valence-electron chi connectivity index (χ0n) is 12.3. The van der Waals surface area contributed by atoms with Crippen molar-refractivity contribution in [3.8, 4) is 0 Å². The van der Waals surface area contributed by atoms with Crippen LogP contribution in [0.15, 0.2) is 22.6 Å². The predicted molar refractivity (Wildman–Crippen MR) is 86.2 cm³/mol. The highest BCUT2D eigenvalue weighted by Crippen LogP contribution is 2.36. The Morgan fingerprint density at radius 2 is 2.09 bits per heavy atom. The molecule has 0 atom stereocenters. The smallest absolute Gasteiger partial charge is 0.215 e. The minimum Gasteiger partial charge on any atom is -0.229 e. The van der Waals surface area contributed by atoms with Crippen molar-refractivity contribution < 1.29 is 0 Å². The third-order valence-electron chi connectivity index (χ3n) is 3.99. The molecule has 6 nitrogen and oxygen atoms in total. The molecule has 1 aliphatic rings. The average Bonchev–Trinajstić information content (AvgIpc) is 3.14. The molecule has 0 unspecified atom stereocenters. The largest absolute Gasteiger partial charge is 0.229 e. The molecule has 0 radical (unpaired) electrons. The van der Waals surface area contributed by atoms with E-state index in [1.165, 1.54) is 35.9 Å². The van der Waals surface area contributed by atoms with Gasteiger partial charge in [-0.3, -0.25) is 0 Å². The molecule has 0 amide bonds. The fourth-order valence-corrected chi connectivity index (χ4v) is 4.74. The van der Waals surface area contributed by atoms with Crippen LogP contribution in [0.1, 0.15) is 43.0 Å². The van der Waals surface area contributed by atoms with E-state index in [-0.39, 0.29) is 0 Å². The Kier molecular flexibility index (Phi) is 3.79. The van der Waals surface area contributed by atoms with Crippen LogP contribution >= 0.6 is 23.1 Å². The van der Waals surface area contributed by atoms with Gasteiger partial charge in [-0.15, -0.1) is 16.4 Å². The highest BCUT2D eigenvalue weighted by molar-refractivity contribution is 7.99. The molecule has 114 valence electrons. The van der Waals surface area contributed by atoms with Crippen LogP contribution in [0.3, 0.4) is 0 Å². The zero-order valence-corrected chi connectivity index (χ0v) is 13.9. The normalized spacial score (nSPS) is 16.4. The maximum atomic E-state index is 4.43. The summed E-state index contributed by atoms with van der Waals surface area (Å²) >= 11 is 3.23. The first-order valence-electron chi connectivity index (χ1n) is 7.48. The van der Waals surface area contributed by atoms with E-state index in [4.69, 9.17) is 0 Å². The van der Waals surface area contributed by atoms with Crippen LogP contribution in [0.5, 0.6) is 0 Å². The molecular weight excluding hydrogens is 316 g/mol. The lowest BCUT2D eigenvalue weighted by molar-refractivity contribution is 0.307. The summed E-state index contributed by atoms with van der Waals surface area (Å²) in [6, 6.07) is 2.56. The molecule has 0 N–H and O–H groups in total. The van der Waals surface area contributed by atoms with E-state index in [2.05, 4.69) is 38.5 Å². The van der Waals surface area contributed by atoms with Crippen molar-refractivity contribution in [1.82, 2.24) is 30.2 Å². The molecule has 4 rings (SSSR count). The summed E-state index contributed by atoms with van der Waals surface area (Å²) in [5, 5.41) is 15.2. The fraction of sp³-hybridized carbons (Fsp3) is 0.500. The molecule has 1 aliphatic carbocycles. The Bertz CT molecular complexity index is 790. The minimum absolute atomic E-state index is 0.424. The first-order valence-corrected chi connectivity index (χ1v) is 9.11. The van der Waals surface area contributed by atoms with Gasteiger partial charge in [0, 0.05) is 10.3 Å². The van der Waals surface area contributed by atoms with Crippen molar-refractivity contribution in [2.75, 3.05) is 0 Å². The van der Waals surface area contributed by atoms with Crippen LogP contribution in [-0.4, -0.2) is 30.2 Å². The van der Waals surface area contributed by atoms with Crippen molar-refractivity contribution in [3.63, 3.8) is 0 Å². The second-order valence-corrected chi connectivity index (χ2v) is 7.75. The number of tetrazole rings is 1. The lowest BCUT2D eigenvalue weighted by Gasteiger charge is -2.21. The quantitative estimate of drug-likeness (QED) is 0.682. The van der Waals surface area contributed by atoms with Crippen LogP contribution in [0.25, 0.3) is 10.2 Å². The number of rotatable bonds is 3. The topological polar surface area (TPSA) is 69.4 Å². The first-order chi connectivity index (χ1) is 10.8. The van der Waals surface area contributed by atoms with Gasteiger partial charge in [-0.25, -0.2) is 14.6 Å². The first kappa shape index (κ1) is 14.1. The monoisotopic (exact) mass is 332 g/mol. The number of fused-ring (bicyclic) bond motifs is 1. The summed E-state index contributed by atoms with van der Waals surface area (Å²) in [4.78, 5) is 11.0. The third kappa shape index (κ3) is 2.61. The van der Waals surface area contributed by atoms with Gasteiger partial charge in [0.25, 0.3) is 0 Å². The van der Waals surface area contributed by atoms with E-state index in [0.717, 1.165) is 33.2 Å². The lowest BCUT2D eigenvalue weighted by atomic mass is 9.96. The maximum Gasteiger partial charge on any atom is 0.215 e. The Labute approximate surface area is 136 Å². The van der Waals surface area contributed by atoms with E-state index >= 15 is 0 Å². The summed E-state index contributed by atoms with van der Waals surface area (Å²) in [6.07, 6.45) is 7.79. The Balaban J connectivity index is 1.67. The van der Waals surface area contributed by atoms with E-state index in [1.54, 1.807) is 17.7 Å². The number of aryl methyl sites for hydroxylation is 1. The van der Waals surface area contributed by atoms with Gasteiger partial charge in [-0.05, 0) is 48.0 Å². The van der Waals surface area contributed by atoms with E-state index in [9.17, 15) is 0 Å². The molecule has 8 heteroatoms. The molecule has 0 aromatic carbocycles. The minimum atomic E-state index is 0.424. The number of nitrogens with zero attached hydrogens (tertiary/aromatic N) is 6. The van der Waals surface area contributed by atoms with Gasteiger partial charge in [0.1, 0.15) is 16.2 Å². The van der Waals surface area contributed by atoms with Gasteiger partial charge in [0.15, 0.2) is 0 Å². The highest BCUT2D eigenvalue weighted by Gasteiger charge is 2.21. The van der Waals surface area contributed by atoms with Crippen molar-refractivity contribution in [2.45, 2.75) is 55.3 Å². The van der Waals surface area contributed by atoms with Gasteiger partial charge in [-0.2, -0.15) is 0 Å². The van der Waals surface area contributed by atoms with Gasteiger partial charge in [0.05, 0.1) is 6.04 Å². The fourth-order valence-electron chi connectivity index (χ4n) is 2.93. The Morgan fingerprint density at radius 3 is 2.95 bits per heavy atom. The summed E-state index contributed by atoms with van der Waals surface area (Å²) in [5.74, 6) is 0. The number of thiophene rings is 1. The second-order valence-electron chi connectivity index (χ2n) is 5.55. The lowest BCUT2D eigenvalue weighted by Crippen LogP contribution is -2.15. The molecule has 0 bridgehead atoms. The number of hydrogen-bond donors (Lipinski definition) is 0. The van der Waals surface area contributed by atoms with Crippen LogP contribution in [0.2, 0.25) is 0 Å². The number of aromatic nitrogens is 6. The zero-order chi connectivity index (χ0) is 14.9. The number of hydrogen-bond acceptors (Lipinski definition) is 7. The SMILES string of the molecule is Cc1cc2c(Sc3nnnn3C3CCCCC3)ncnc2s1. The summed E-state index contributed by atoms with van der Waals surface area (Å²) in [6.45, 7) is 2.09. The average molecular weight is 332 g/mol. The van der Waals surface area contributed by atoms with Gasteiger partial charge in [-0.1, -0.05) is 19.3 Å². The summed E-state index contributed by atoms with van der Waals surface area (Å²) < 4.78 is 1.98. The molecule has 0 saturated heterocycles. The van der Waals surface area contributed by atoms with Crippen molar-refractivity contribution in [2.24, 2.45) is 0 Å². The van der Waals surface area contributed by atoms with Crippen molar-refractivity contribution >= 4 is 33.3 Å². The van der Waals surface area contributed by atoms with Gasteiger partial charge in [0.2, 0.25) is 5.16 Å². The molecular formula is C14H16N6S2. The van der Waals surface area contributed by atoms with Crippen LogP contribution in [0.4, 0.5) is 0 Å². The van der Waals surface area contributed by atoms with Crippen molar-refractivity contribution in [1.29, 1.82) is 0 Å². The molecule has 3 aromatic rings. The molecule has 0 spiro atoms. The Morgan fingerprint density at radius 1 is 1.23 bits per heavy atom. The molecule has 0 aliphatic heterocycles. The van der Waals surface area contributed by atoms with E-state index in [0.29, 0.717) is 6.04 Å². The third-order valence-corrected chi connectivity index (χ3v) is 5.92. The van der Waals surface area contributed by atoms with Gasteiger partial charge >= 0.3 is 0 Å². The van der Waals surface area contributed by atoms with Crippen LogP contribution in [-0.2, 0) is 0 Å². The maximum absolute atomic E-state index is 4.43. The van der Waals surface area contributed by atoms with E-state index < -0.39 is 0 Å². The second kappa shape index (κ2) is 5.92. The predicted octanol–water partition coefficient (Wildman–Crippen LogP) is 3.64. The van der Waals surface area contributed by atoms with E-state index in [1.807, 2.05) is 4.68 Å². The molecule has 1 saturated carbocycles. The summed E-state index contributed by atoms with van der Waals surface area (Å²) in [7, 11) is 0. The van der Waals surface area contributed by atoms with Gasteiger partial charge < -0.3 is 0 Å². The molecule has 1 fully saturated rings.